The zero-order chi connectivity index (χ0) is 20.4. The second-order valence-electron chi connectivity index (χ2n) is 6.55. The number of aromatic nitrogens is 4. The summed E-state index contributed by atoms with van der Waals surface area (Å²) in [6, 6.07) is 6.64. The van der Waals surface area contributed by atoms with Crippen molar-refractivity contribution in [2.24, 2.45) is 0 Å². The van der Waals surface area contributed by atoms with Crippen LogP contribution < -0.4 is 10.9 Å². The molecule has 0 unspecified atom stereocenters. The topological polar surface area (TPSA) is 111 Å². The molecule has 2 N–H and O–H groups in total. The Labute approximate surface area is 164 Å². The number of carbonyl (C=O) groups is 1. The summed E-state index contributed by atoms with van der Waals surface area (Å²) in [5.41, 5.74) is 0.668. The summed E-state index contributed by atoms with van der Waals surface area (Å²) < 4.78 is 26.8. The zero-order valence-corrected chi connectivity index (χ0v) is 15.5. The van der Waals surface area contributed by atoms with Crippen molar-refractivity contribution in [2.75, 3.05) is 25.6 Å². The van der Waals surface area contributed by atoms with Crippen LogP contribution in [0.25, 0.3) is 11.3 Å². The molecule has 2 aromatic heterocycles. The van der Waals surface area contributed by atoms with E-state index in [9.17, 15) is 14.0 Å². The number of hydrogen-bond acceptors (Lipinski definition) is 6. The lowest BCUT2D eigenvalue weighted by Crippen LogP contribution is -2.24. The van der Waals surface area contributed by atoms with Crippen LogP contribution >= 0.6 is 0 Å². The molecule has 0 aliphatic carbocycles. The third-order valence-corrected chi connectivity index (χ3v) is 4.69. The number of aromatic amines is 1. The molecule has 1 aliphatic heterocycles. The van der Waals surface area contributed by atoms with Crippen molar-refractivity contribution in [3.8, 4) is 11.3 Å². The largest absolute Gasteiger partial charge is 0.377 e. The normalized spacial score (nSPS) is 18.7. The van der Waals surface area contributed by atoms with Gasteiger partial charge in [0.2, 0.25) is 5.56 Å². The Hall–Kier alpha value is -3.37. The van der Waals surface area contributed by atoms with Crippen LogP contribution in [0.5, 0.6) is 0 Å². The van der Waals surface area contributed by atoms with Gasteiger partial charge >= 0.3 is 0 Å². The number of pyridine rings is 1. The van der Waals surface area contributed by atoms with Gasteiger partial charge < -0.3 is 19.8 Å². The van der Waals surface area contributed by atoms with Crippen LogP contribution in [0.2, 0.25) is 0 Å². The Morgan fingerprint density at radius 2 is 2.21 bits per heavy atom. The molecule has 10 heteroatoms. The number of rotatable bonds is 5. The highest BCUT2D eigenvalue weighted by Gasteiger charge is 2.31. The van der Waals surface area contributed by atoms with Crippen LogP contribution in [0.1, 0.15) is 16.4 Å². The first-order valence-corrected chi connectivity index (χ1v) is 8.87. The number of methoxy groups -OCH3 is 1. The first kappa shape index (κ1) is 19.0. The summed E-state index contributed by atoms with van der Waals surface area (Å²) in [6.45, 7) is 0.880. The number of hydrogen-bond donors (Lipinski definition) is 2. The molecular weight excluding hydrogens is 381 g/mol. The van der Waals surface area contributed by atoms with E-state index in [0.29, 0.717) is 24.6 Å². The van der Waals surface area contributed by atoms with Crippen LogP contribution in [0.15, 0.2) is 47.5 Å². The van der Waals surface area contributed by atoms with E-state index in [0.717, 1.165) is 0 Å². The molecule has 3 aromatic rings. The minimum absolute atomic E-state index is 0.150. The smallest absolute Gasteiger partial charge is 0.255 e. The number of benzene rings is 1. The predicted octanol–water partition coefficient (Wildman–Crippen LogP) is 1.61. The van der Waals surface area contributed by atoms with E-state index in [2.05, 4.69) is 20.6 Å². The van der Waals surface area contributed by atoms with Gasteiger partial charge in [0, 0.05) is 36.2 Å². The van der Waals surface area contributed by atoms with Crippen molar-refractivity contribution in [1.29, 1.82) is 0 Å². The minimum atomic E-state index is -0.503. The van der Waals surface area contributed by atoms with Gasteiger partial charge in [-0.2, -0.15) is 0 Å². The van der Waals surface area contributed by atoms with Crippen LogP contribution in [0, 0.1) is 5.82 Å². The fourth-order valence-electron chi connectivity index (χ4n) is 3.15. The standard InChI is InChI=1S/C19H18FN5O4/c1-28-17-10-29-9-16(17)25-8-15(23-24-25)13-7-12(2-3-14(13)20)22-19(27)11-4-5-21-18(26)6-11/h2-8,16-17H,9-10H2,1H3,(H,21,26)(H,22,27)/t16-,17-/m1/s1. The molecule has 2 atom stereocenters. The van der Waals surface area contributed by atoms with Crippen LogP contribution in [-0.4, -0.2) is 52.3 Å². The molecule has 9 nitrogen and oxygen atoms in total. The second-order valence-corrected chi connectivity index (χ2v) is 6.55. The first-order chi connectivity index (χ1) is 14.0. The Bertz CT molecular complexity index is 1100. The molecule has 29 heavy (non-hydrogen) atoms. The van der Waals surface area contributed by atoms with E-state index in [1.807, 2.05) is 0 Å². The highest BCUT2D eigenvalue weighted by atomic mass is 19.1. The van der Waals surface area contributed by atoms with Crippen molar-refractivity contribution in [3.05, 3.63) is 64.5 Å². The molecular formula is C19H18FN5O4. The van der Waals surface area contributed by atoms with Crippen LogP contribution in [0.4, 0.5) is 10.1 Å². The van der Waals surface area contributed by atoms with Gasteiger partial charge in [-0.25, -0.2) is 9.07 Å². The van der Waals surface area contributed by atoms with E-state index in [1.54, 1.807) is 18.0 Å². The monoisotopic (exact) mass is 399 g/mol. The van der Waals surface area contributed by atoms with Gasteiger partial charge in [0.05, 0.1) is 19.4 Å². The zero-order valence-electron chi connectivity index (χ0n) is 15.5. The summed E-state index contributed by atoms with van der Waals surface area (Å²) in [5, 5.41) is 10.8. The Balaban J connectivity index is 1.58. The maximum Gasteiger partial charge on any atom is 0.255 e. The molecule has 0 saturated carbocycles. The quantitative estimate of drug-likeness (QED) is 0.674. The SMILES string of the molecule is CO[C@@H]1COC[C@H]1n1cc(-c2cc(NC(=O)c3cc[nH]c(=O)c3)ccc2F)nn1. The van der Waals surface area contributed by atoms with Crippen molar-refractivity contribution in [1.82, 2.24) is 20.0 Å². The maximum absolute atomic E-state index is 14.4. The number of halogens is 1. The van der Waals surface area contributed by atoms with E-state index in [4.69, 9.17) is 9.47 Å². The fourth-order valence-corrected chi connectivity index (χ4v) is 3.15. The molecule has 0 radical (unpaired) electrons. The lowest BCUT2D eigenvalue weighted by molar-refractivity contribution is 0.0661. The summed E-state index contributed by atoms with van der Waals surface area (Å²) in [7, 11) is 1.59. The molecule has 150 valence electrons. The van der Waals surface area contributed by atoms with E-state index < -0.39 is 11.7 Å². The van der Waals surface area contributed by atoms with E-state index >= 15 is 0 Å². The third-order valence-electron chi connectivity index (χ3n) is 4.69. The molecule has 0 spiro atoms. The first-order valence-electron chi connectivity index (χ1n) is 8.87. The summed E-state index contributed by atoms with van der Waals surface area (Å²) in [5.74, 6) is -0.986. The van der Waals surface area contributed by atoms with Crippen molar-refractivity contribution in [2.45, 2.75) is 12.1 Å². The molecule has 0 bridgehead atoms. The molecule has 1 fully saturated rings. The van der Waals surface area contributed by atoms with Crippen LogP contribution in [-0.2, 0) is 9.47 Å². The molecule has 4 rings (SSSR count). The minimum Gasteiger partial charge on any atom is -0.377 e. The molecule has 1 aliphatic rings. The van der Waals surface area contributed by atoms with Gasteiger partial charge in [-0.1, -0.05) is 5.21 Å². The summed E-state index contributed by atoms with van der Waals surface area (Å²) >= 11 is 0. The molecule has 1 saturated heterocycles. The number of H-pyrrole nitrogens is 1. The number of ether oxygens (including phenoxy) is 2. The molecule has 1 amide bonds. The fraction of sp³-hybridized carbons (Fsp3) is 0.263. The Morgan fingerprint density at radius 3 is 3.00 bits per heavy atom. The Kier molecular flexibility index (Phi) is 5.19. The van der Waals surface area contributed by atoms with Gasteiger partial charge in [-0.15, -0.1) is 5.10 Å². The van der Waals surface area contributed by atoms with E-state index in [-0.39, 0.29) is 28.8 Å². The van der Waals surface area contributed by atoms with Crippen molar-refractivity contribution < 1.29 is 18.7 Å². The molecule has 3 heterocycles. The Morgan fingerprint density at radius 1 is 1.34 bits per heavy atom. The summed E-state index contributed by atoms with van der Waals surface area (Å²) in [6.07, 6.45) is 2.84. The number of amides is 1. The lowest BCUT2D eigenvalue weighted by atomic mass is 10.1. The molecule has 1 aromatic carbocycles. The number of nitrogens with one attached hydrogen (secondary N) is 2. The second kappa shape index (κ2) is 7.94. The van der Waals surface area contributed by atoms with Gasteiger partial charge in [0.25, 0.3) is 5.91 Å². The average molecular weight is 399 g/mol. The van der Waals surface area contributed by atoms with Crippen molar-refractivity contribution >= 4 is 11.6 Å². The van der Waals surface area contributed by atoms with Gasteiger partial charge in [0.1, 0.15) is 23.7 Å². The summed E-state index contributed by atoms with van der Waals surface area (Å²) in [4.78, 5) is 26.1. The highest BCUT2D eigenvalue weighted by molar-refractivity contribution is 6.04. The van der Waals surface area contributed by atoms with Gasteiger partial charge in [-0.3, -0.25) is 9.59 Å². The van der Waals surface area contributed by atoms with Crippen molar-refractivity contribution in [3.63, 3.8) is 0 Å². The number of anilines is 1. The number of nitrogens with zero attached hydrogens (tertiary/aromatic N) is 3. The third kappa shape index (κ3) is 3.93. The highest BCUT2D eigenvalue weighted by Crippen LogP contribution is 2.27. The lowest BCUT2D eigenvalue weighted by Gasteiger charge is -2.15. The average Bonchev–Trinajstić information content (AvgIpc) is 3.38. The maximum atomic E-state index is 14.4. The predicted molar refractivity (Wildman–Crippen MR) is 101 cm³/mol. The van der Waals surface area contributed by atoms with E-state index in [1.165, 1.54) is 36.5 Å². The van der Waals surface area contributed by atoms with Crippen LogP contribution in [0.3, 0.4) is 0 Å². The number of carbonyl (C=O) groups excluding carboxylic acids is 1. The van der Waals surface area contributed by atoms with Gasteiger partial charge in [0.15, 0.2) is 0 Å². The van der Waals surface area contributed by atoms with Gasteiger partial charge in [-0.05, 0) is 24.3 Å².